The van der Waals surface area contributed by atoms with Crippen molar-refractivity contribution in [3.63, 3.8) is 0 Å². The van der Waals surface area contributed by atoms with E-state index >= 15 is 0 Å². The maximum atomic E-state index is 13.8. The average Bonchev–Trinajstić information content (AvgIpc) is 3.40. The first kappa shape index (κ1) is 28.6. The molecule has 41 heavy (non-hydrogen) atoms. The Morgan fingerprint density at radius 3 is 2.41 bits per heavy atom. The predicted molar refractivity (Wildman–Crippen MR) is 148 cm³/mol. The predicted octanol–water partition coefficient (Wildman–Crippen LogP) is 4.06. The molecule has 0 unspecified atom stereocenters. The number of hydrogen-bond acceptors (Lipinski definition) is 9. The fourth-order valence-electron chi connectivity index (χ4n) is 5.00. The van der Waals surface area contributed by atoms with Gasteiger partial charge in [0.25, 0.3) is 5.91 Å². The number of rotatable bonds is 8. The van der Waals surface area contributed by atoms with Crippen molar-refractivity contribution < 1.29 is 28.2 Å². The number of H-pyrrole nitrogens is 1. The maximum absolute atomic E-state index is 13.8. The van der Waals surface area contributed by atoms with Gasteiger partial charge in [-0.15, -0.1) is 0 Å². The van der Waals surface area contributed by atoms with Gasteiger partial charge in [0, 0.05) is 17.8 Å². The number of aromatic amines is 1. The molecule has 2 aliphatic rings. The second-order valence-electron chi connectivity index (χ2n) is 11.1. The summed E-state index contributed by atoms with van der Waals surface area (Å²) in [6.07, 6.45) is 6.91. The zero-order valence-electron chi connectivity index (χ0n) is 23.4. The third-order valence-corrected chi connectivity index (χ3v) is 7.33. The number of primary amides is 1. The molecule has 1 aliphatic carbocycles. The molecule has 1 amide bonds. The highest BCUT2D eigenvalue weighted by molar-refractivity contribution is 5.85. The van der Waals surface area contributed by atoms with Crippen molar-refractivity contribution in [1.82, 2.24) is 19.9 Å². The second-order valence-corrected chi connectivity index (χ2v) is 11.1. The SMILES string of the molecule is CC(C)OC(=O)C1(C)COC(C(N)=O)(c2nc(-c3ccc(F)cc3)c(-c3ccnc(NC4CCCCC4)n3)[nH]2)OC1. The number of carbonyl (C=O) groups is 2. The van der Waals surface area contributed by atoms with Gasteiger partial charge in [-0.1, -0.05) is 19.3 Å². The molecule has 0 bridgehead atoms. The van der Waals surface area contributed by atoms with E-state index in [4.69, 9.17) is 24.9 Å². The summed E-state index contributed by atoms with van der Waals surface area (Å²) in [5.74, 6) is -3.56. The van der Waals surface area contributed by atoms with E-state index in [0.717, 1.165) is 25.7 Å². The van der Waals surface area contributed by atoms with Crippen LogP contribution < -0.4 is 11.1 Å². The largest absolute Gasteiger partial charge is 0.462 e. The molecular formula is C29H35FN6O5. The average molecular weight is 567 g/mol. The van der Waals surface area contributed by atoms with Crippen molar-refractivity contribution in [2.75, 3.05) is 18.5 Å². The van der Waals surface area contributed by atoms with Crippen molar-refractivity contribution in [2.24, 2.45) is 11.1 Å². The molecule has 0 spiro atoms. The molecule has 5 rings (SSSR count). The van der Waals surface area contributed by atoms with Crippen LogP contribution in [0.1, 0.15) is 58.7 Å². The van der Waals surface area contributed by atoms with Crippen molar-refractivity contribution in [3.8, 4) is 22.6 Å². The fraction of sp³-hybridized carbons (Fsp3) is 0.483. The minimum atomic E-state index is -2.11. The minimum Gasteiger partial charge on any atom is -0.462 e. The number of amides is 1. The molecule has 4 N–H and O–H groups in total. The highest BCUT2D eigenvalue weighted by Crippen LogP contribution is 2.39. The molecule has 1 aromatic carbocycles. The first-order valence-electron chi connectivity index (χ1n) is 13.8. The Balaban J connectivity index is 1.52. The van der Waals surface area contributed by atoms with Gasteiger partial charge in [-0.25, -0.2) is 19.3 Å². The van der Waals surface area contributed by atoms with Gasteiger partial charge < -0.3 is 30.2 Å². The lowest BCUT2D eigenvalue weighted by atomic mass is 9.91. The molecule has 2 aromatic heterocycles. The second kappa shape index (κ2) is 11.5. The number of nitrogens with zero attached hydrogens (tertiary/aromatic N) is 3. The van der Waals surface area contributed by atoms with Crippen LogP contribution >= 0.6 is 0 Å². The van der Waals surface area contributed by atoms with E-state index in [0.29, 0.717) is 28.6 Å². The van der Waals surface area contributed by atoms with E-state index in [9.17, 15) is 14.0 Å². The number of nitrogens with two attached hydrogens (primary N) is 1. The number of carbonyl (C=O) groups excluding carboxylic acids is 2. The number of nitrogens with one attached hydrogen (secondary N) is 2. The van der Waals surface area contributed by atoms with Crippen molar-refractivity contribution in [1.29, 1.82) is 0 Å². The topological polar surface area (TPSA) is 154 Å². The number of imidazole rings is 1. The van der Waals surface area contributed by atoms with Gasteiger partial charge in [0.05, 0.1) is 36.4 Å². The number of esters is 1. The van der Waals surface area contributed by atoms with Crippen LogP contribution in [0.25, 0.3) is 22.6 Å². The molecule has 2 fully saturated rings. The molecule has 218 valence electrons. The third-order valence-electron chi connectivity index (χ3n) is 7.33. The molecule has 1 saturated heterocycles. The van der Waals surface area contributed by atoms with Gasteiger partial charge in [-0.05, 0) is 63.9 Å². The highest BCUT2D eigenvalue weighted by atomic mass is 19.1. The Morgan fingerprint density at radius 2 is 1.78 bits per heavy atom. The first-order chi connectivity index (χ1) is 19.6. The zero-order valence-corrected chi connectivity index (χ0v) is 23.4. The number of aromatic nitrogens is 4. The van der Waals surface area contributed by atoms with Gasteiger partial charge >= 0.3 is 11.8 Å². The standard InChI is InChI=1S/C29H35FN6O5/c1-17(2)41-26(38)28(3)15-39-29(24(31)37,40-16-28)25-35-22(18-9-11-19(30)12-10-18)23(36-25)21-13-14-32-27(34-21)33-20-7-5-4-6-8-20/h9-14,17,20H,4-8,15-16H2,1-3H3,(H2,31,37)(H,35,36)(H,32,33,34). The summed E-state index contributed by atoms with van der Waals surface area (Å²) in [4.78, 5) is 42.5. The van der Waals surface area contributed by atoms with Crippen LogP contribution in [-0.2, 0) is 29.6 Å². The van der Waals surface area contributed by atoms with Crippen LogP contribution in [-0.4, -0.2) is 57.2 Å². The number of ether oxygens (including phenoxy) is 3. The zero-order chi connectivity index (χ0) is 29.2. The molecular weight excluding hydrogens is 531 g/mol. The van der Waals surface area contributed by atoms with E-state index < -0.39 is 28.9 Å². The molecule has 1 aliphatic heterocycles. The van der Waals surface area contributed by atoms with Crippen molar-refractivity contribution in [2.45, 2.75) is 70.8 Å². The summed E-state index contributed by atoms with van der Waals surface area (Å²) in [5.41, 5.74) is 6.50. The van der Waals surface area contributed by atoms with Crippen LogP contribution in [0.2, 0.25) is 0 Å². The lowest BCUT2D eigenvalue weighted by Gasteiger charge is -2.40. The van der Waals surface area contributed by atoms with E-state index in [-0.39, 0.29) is 31.2 Å². The Morgan fingerprint density at radius 1 is 1.10 bits per heavy atom. The minimum absolute atomic E-state index is 0.0287. The summed E-state index contributed by atoms with van der Waals surface area (Å²) < 4.78 is 31.0. The number of halogens is 1. The Hall–Kier alpha value is -3.90. The van der Waals surface area contributed by atoms with Gasteiger partial charge in [-0.3, -0.25) is 9.59 Å². The highest BCUT2D eigenvalue weighted by Gasteiger charge is 2.54. The fourth-order valence-corrected chi connectivity index (χ4v) is 5.00. The number of hydrogen-bond donors (Lipinski definition) is 3. The molecule has 11 nitrogen and oxygen atoms in total. The lowest BCUT2D eigenvalue weighted by molar-refractivity contribution is -0.294. The Bertz CT molecular complexity index is 1390. The van der Waals surface area contributed by atoms with E-state index in [1.807, 2.05) is 0 Å². The maximum Gasteiger partial charge on any atom is 0.316 e. The molecule has 0 atom stereocenters. The number of anilines is 1. The molecule has 0 radical (unpaired) electrons. The first-order valence-corrected chi connectivity index (χ1v) is 13.8. The van der Waals surface area contributed by atoms with Crippen molar-refractivity contribution in [3.05, 3.63) is 48.2 Å². The molecule has 12 heteroatoms. The lowest BCUT2D eigenvalue weighted by Crippen LogP contribution is -2.56. The molecule has 1 saturated carbocycles. The Kier molecular flexibility index (Phi) is 8.05. The number of benzene rings is 1. The van der Waals surface area contributed by atoms with Crippen LogP contribution in [0, 0.1) is 11.2 Å². The van der Waals surface area contributed by atoms with Crippen LogP contribution in [0.15, 0.2) is 36.5 Å². The normalized spacial score (nSPS) is 23.3. The van der Waals surface area contributed by atoms with Gasteiger partial charge in [0.2, 0.25) is 5.95 Å². The van der Waals surface area contributed by atoms with Crippen LogP contribution in [0.3, 0.4) is 0 Å². The summed E-state index contributed by atoms with van der Waals surface area (Å²) in [6, 6.07) is 7.75. The van der Waals surface area contributed by atoms with Gasteiger partial charge in [0.1, 0.15) is 11.2 Å². The third kappa shape index (κ3) is 5.94. The van der Waals surface area contributed by atoms with Crippen LogP contribution in [0.4, 0.5) is 10.3 Å². The van der Waals surface area contributed by atoms with Crippen LogP contribution in [0.5, 0.6) is 0 Å². The summed E-state index contributed by atoms with van der Waals surface area (Å²) in [5, 5.41) is 3.41. The summed E-state index contributed by atoms with van der Waals surface area (Å²) in [7, 11) is 0. The molecule has 3 aromatic rings. The Labute approximate surface area is 237 Å². The van der Waals surface area contributed by atoms with E-state index in [1.165, 1.54) is 18.6 Å². The summed E-state index contributed by atoms with van der Waals surface area (Å²) in [6.45, 7) is 4.70. The van der Waals surface area contributed by atoms with E-state index in [2.05, 4.69) is 20.3 Å². The van der Waals surface area contributed by atoms with Gasteiger partial charge in [-0.2, -0.15) is 0 Å². The summed E-state index contributed by atoms with van der Waals surface area (Å²) >= 11 is 0. The monoisotopic (exact) mass is 566 g/mol. The smallest absolute Gasteiger partial charge is 0.316 e. The quantitative estimate of drug-likeness (QED) is 0.342. The van der Waals surface area contributed by atoms with Crippen molar-refractivity contribution >= 4 is 17.8 Å². The molecule has 3 heterocycles. The van der Waals surface area contributed by atoms with E-state index in [1.54, 1.807) is 45.2 Å². The van der Waals surface area contributed by atoms with Gasteiger partial charge in [0.15, 0.2) is 5.82 Å².